The number of anilines is 1. The van der Waals surface area contributed by atoms with E-state index in [1.54, 1.807) is 6.07 Å². The predicted molar refractivity (Wildman–Crippen MR) is 72.3 cm³/mol. The Morgan fingerprint density at radius 3 is 2.84 bits per heavy atom. The summed E-state index contributed by atoms with van der Waals surface area (Å²) in [6.45, 7) is 0.870. The lowest BCUT2D eigenvalue weighted by atomic mass is 9.89. The van der Waals surface area contributed by atoms with Gasteiger partial charge in [0.25, 0.3) is 0 Å². The predicted octanol–water partition coefficient (Wildman–Crippen LogP) is 2.99. The summed E-state index contributed by atoms with van der Waals surface area (Å²) in [6, 6.07) is 4.17. The molecule has 0 aromatic heterocycles. The Morgan fingerprint density at radius 2 is 2.05 bits per heavy atom. The molecule has 1 unspecified atom stereocenters. The largest absolute Gasteiger partial charge is 0.324 e. The highest BCUT2D eigenvalue weighted by molar-refractivity contribution is 6.02. The van der Waals surface area contributed by atoms with Crippen molar-refractivity contribution in [2.75, 3.05) is 11.9 Å². The molecule has 1 heterocycles. The van der Waals surface area contributed by atoms with Crippen molar-refractivity contribution in [3.05, 3.63) is 29.6 Å². The SMILES string of the molecule is O=C1Nc2cc(F)ccc2C1NCC1CCCCC1. The second kappa shape index (κ2) is 5.29. The minimum Gasteiger partial charge on any atom is -0.324 e. The quantitative estimate of drug-likeness (QED) is 0.879. The van der Waals surface area contributed by atoms with Gasteiger partial charge in [0.05, 0.1) is 0 Å². The third-order valence-corrected chi connectivity index (χ3v) is 4.18. The molecule has 0 saturated heterocycles. The molecule has 1 amide bonds. The van der Waals surface area contributed by atoms with Gasteiger partial charge in [-0.05, 0) is 37.4 Å². The molecule has 1 aromatic rings. The number of fused-ring (bicyclic) bond motifs is 1. The highest BCUT2D eigenvalue weighted by atomic mass is 19.1. The zero-order chi connectivity index (χ0) is 13.2. The molecule has 1 aromatic carbocycles. The standard InChI is InChI=1S/C15H19FN2O/c16-11-6-7-12-13(8-11)18-15(19)14(12)17-9-10-4-2-1-3-5-10/h6-8,10,14,17H,1-5,9H2,(H,18,19). The second-order valence-electron chi connectivity index (χ2n) is 5.57. The average molecular weight is 262 g/mol. The van der Waals surface area contributed by atoms with Crippen LogP contribution in [0.2, 0.25) is 0 Å². The Kier molecular flexibility index (Phi) is 3.51. The van der Waals surface area contributed by atoms with Gasteiger partial charge in [-0.1, -0.05) is 25.3 Å². The fourth-order valence-electron chi connectivity index (χ4n) is 3.11. The zero-order valence-corrected chi connectivity index (χ0v) is 10.9. The van der Waals surface area contributed by atoms with Crippen molar-refractivity contribution in [1.82, 2.24) is 5.32 Å². The maximum atomic E-state index is 13.1. The van der Waals surface area contributed by atoms with E-state index in [1.165, 1.54) is 44.2 Å². The molecule has 0 spiro atoms. The molecule has 2 N–H and O–H groups in total. The maximum absolute atomic E-state index is 13.1. The summed E-state index contributed by atoms with van der Waals surface area (Å²) in [5, 5.41) is 6.08. The fraction of sp³-hybridized carbons (Fsp3) is 0.533. The molecule has 1 aliphatic heterocycles. The number of benzene rings is 1. The van der Waals surface area contributed by atoms with Crippen molar-refractivity contribution in [2.24, 2.45) is 5.92 Å². The van der Waals surface area contributed by atoms with Crippen LogP contribution in [0.4, 0.5) is 10.1 Å². The van der Waals surface area contributed by atoms with Gasteiger partial charge in [-0.3, -0.25) is 4.79 Å². The summed E-state index contributed by atoms with van der Waals surface area (Å²) >= 11 is 0. The van der Waals surface area contributed by atoms with Gasteiger partial charge < -0.3 is 10.6 Å². The first-order chi connectivity index (χ1) is 9.24. The van der Waals surface area contributed by atoms with Crippen molar-refractivity contribution >= 4 is 11.6 Å². The Bertz CT molecular complexity index is 483. The Balaban J connectivity index is 1.66. The number of rotatable bonds is 3. The molecular weight excluding hydrogens is 243 g/mol. The van der Waals surface area contributed by atoms with Crippen LogP contribution < -0.4 is 10.6 Å². The molecule has 0 bridgehead atoms. The van der Waals surface area contributed by atoms with Crippen LogP contribution in [0.25, 0.3) is 0 Å². The molecule has 4 heteroatoms. The third kappa shape index (κ3) is 2.63. The molecule has 1 fully saturated rings. The van der Waals surface area contributed by atoms with Crippen molar-refractivity contribution in [2.45, 2.75) is 38.1 Å². The van der Waals surface area contributed by atoms with E-state index in [9.17, 15) is 9.18 Å². The van der Waals surface area contributed by atoms with Crippen LogP contribution in [-0.4, -0.2) is 12.5 Å². The van der Waals surface area contributed by atoms with Crippen molar-refractivity contribution < 1.29 is 9.18 Å². The number of hydrogen-bond acceptors (Lipinski definition) is 2. The minimum absolute atomic E-state index is 0.0728. The highest BCUT2D eigenvalue weighted by Crippen LogP contribution is 2.32. The number of carbonyl (C=O) groups excluding carboxylic acids is 1. The minimum atomic E-state index is -0.322. The van der Waals surface area contributed by atoms with Crippen molar-refractivity contribution in [3.8, 4) is 0 Å². The van der Waals surface area contributed by atoms with E-state index in [2.05, 4.69) is 10.6 Å². The number of carbonyl (C=O) groups is 1. The second-order valence-corrected chi connectivity index (χ2v) is 5.57. The Hall–Kier alpha value is -1.42. The number of amides is 1. The van der Waals surface area contributed by atoms with Gasteiger partial charge in [-0.25, -0.2) is 4.39 Å². The maximum Gasteiger partial charge on any atom is 0.246 e. The van der Waals surface area contributed by atoms with Gasteiger partial charge in [0.1, 0.15) is 11.9 Å². The first-order valence-electron chi connectivity index (χ1n) is 7.08. The number of halogens is 1. The van der Waals surface area contributed by atoms with E-state index >= 15 is 0 Å². The highest BCUT2D eigenvalue weighted by Gasteiger charge is 2.30. The van der Waals surface area contributed by atoms with Gasteiger partial charge in [-0.15, -0.1) is 0 Å². The first-order valence-corrected chi connectivity index (χ1v) is 7.08. The monoisotopic (exact) mass is 262 g/mol. The van der Waals surface area contributed by atoms with Gasteiger partial charge >= 0.3 is 0 Å². The van der Waals surface area contributed by atoms with Gasteiger partial charge in [-0.2, -0.15) is 0 Å². The van der Waals surface area contributed by atoms with E-state index in [0.29, 0.717) is 11.6 Å². The van der Waals surface area contributed by atoms with E-state index < -0.39 is 0 Å². The summed E-state index contributed by atoms with van der Waals surface area (Å²) in [6.07, 6.45) is 6.42. The first kappa shape index (κ1) is 12.6. The van der Waals surface area contributed by atoms with Crippen LogP contribution in [0.15, 0.2) is 18.2 Å². The van der Waals surface area contributed by atoms with Crippen LogP contribution in [0.1, 0.15) is 43.7 Å². The van der Waals surface area contributed by atoms with E-state index in [4.69, 9.17) is 0 Å². The molecule has 0 radical (unpaired) electrons. The lowest BCUT2D eigenvalue weighted by molar-refractivity contribution is -0.117. The molecule has 19 heavy (non-hydrogen) atoms. The van der Waals surface area contributed by atoms with Crippen LogP contribution in [0.5, 0.6) is 0 Å². The van der Waals surface area contributed by atoms with Gasteiger partial charge in [0.15, 0.2) is 0 Å². The molecule has 3 nitrogen and oxygen atoms in total. The summed E-state index contributed by atoms with van der Waals surface area (Å²) in [5.74, 6) is 0.287. The van der Waals surface area contributed by atoms with E-state index in [-0.39, 0.29) is 17.8 Å². The number of hydrogen-bond donors (Lipinski definition) is 2. The normalized spacial score (nSPS) is 23.2. The van der Waals surface area contributed by atoms with E-state index in [0.717, 1.165) is 12.1 Å². The smallest absolute Gasteiger partial charge is 0.246 e. The molecular formula is C15H19FN2O. The lowest BCUT2D eigenvalue weighted by Crippen LogP contribution is -2.32. The molecule has 2 aliphatic rings. The fourth-order valence-corrected chi connectivity index (χ4v) is 3.11. The van der Waals surface area contributed by atoms with Crippen molar-refractivity contribution in [1.29, 1.82) is 0 Å². The number of nitrogens with one attached hydrogen (secondary N) is 2. The average Bonchev–Trinajstić information content (AvgIpc) is 2.72. The topological polar surface area (TPSA) is 41.1 Å². The van der Waals surface area contributed by atoms with Gasteiger partial charge in [0, 0.05) is 11.3 Å². The molecule has 3 rings (SSSR count). The van der Waals surface area contributed by atoms with Crippen LogP contribution >= 0.6 is 0 Å². The summed E-state index contributed by atoms with van der Waals surface area (Å²) in [5.41, 5.74) is 1.47. The van der Waals surface area contributed by atoms with Gasteiger partial charge in [0.2, 0.25) is 5.91 Å². The summed E-state index contributed by atoms with van der Waals surface area (Å²) in [7, 11) is 0. The van der Waals surface area contributed by atoms with Crippen LogP contribution in [0.3, 0.4) is 0 Å². The molecule has 1 atom stereocenters. The Labute approximate surface area is 112 Å². The summed E-state index contributed by atoms with van der Waals surface area (Å²) in [4.78, 5) is 11.9. The molecule has 1 aliphatic carbocycles. The van der Waals surface area contributed by atoms with Crippen molar-refractivity contribution in [3.63, 3.8) is 0 Å². The van der Waals surface area contributed by atoms with E-state index in [1.807, 2.05) is 0 Å². The lowest BCUT2D eigenvalue weighted by Gasteiger charge is -2.23. The van der Waals surface area contributed by atoms with Crippen LogP contribution in [-0.2, 0) is 4.79 Å². The Morgan fingerprint density at radius 1 is 1.26 bits per heavy atom. The third-order valence-electron chi connectivity index (χ3n) is 4.18. The molecule has 102 valence electrons. The van der Waals surface area contributed by atoms with Crippen LogP contribution in [0, 0.1) is 11.7 Å². The molecule has 1 saturated carbocycles. The summed E-state index contributed by atoms with van der Waals surface area (Å²) < 4.78 is 13.1. The zero-order valence-electron chi connectivity index (χ0n) is 10.9.